The molecule has 0 fully saturated rings. The third-order valence-electron chi connectivity index (χ3n) is 3.63. The molecule has 4 heteroatoms. The summed E-state index contributed by atoms with van der Waals surface area (Å²) in [5.41, 5.74) is 3.37. The van der Waals surface area contributed by atoms with Gasteiger partial charge in [0.2, 0.25) is 0 Å². The Labute approximate surface area is 127 Å². The second-order valence-electron chi connectivity index (χ2n) is 5.72. The van der Waals surface area contributed by atoms with Gasteiger partial charge in [-0.2, -0.15) is 5.10 Å². The molecule has 0 radical (unpaired) electrons. The highest BCUT2D eigenvalue weighted by molar-refractivity contribution is 5.39. The van der Waals surface area contributed by atoms with E-state index >= 15 is 0 Å². The van der Waals surface area contributed by atoms with Crippen LogP contribution < -0.4 is 10.1 Å². The Morgan fingerprint density at radius 2 is 2.00 bits per heavy atom. The average molecular weight is 287 g/mol. The van der Waals surface area contributed by atoms with Crippen molar-refractivity contribution in [1.82, 2.24) is 15.1 Å². The number of hydrogen-bond donors (Lipinski definition) is 1. The predicted octanol–water partition coefficient (Wildman–Crippen LogP) is 3.63. The van der Waals surface area contributed by atoms with E-state index in [1.165, 1.54) is 11.1 Å². The largest absolute Gasteiger partial charge is 0.487 e. The quantitative estimate of drug-likeness (QED) is 0.881. The summed E-state index contributed by atoms with van der Waals surface area (Å²) in [6, 6.07) is 8.93. The highest BCUT2D eigenvalue weighted by Crippen LogP contribution is 2.26. The van der Waals surface area contributed by atoms with Gasteiger partial charge in [-0.3, -0.25) is 4.68 Å². The Kier molecular flexibility index (Phi) is 5.02. The minimum Gasteiger partial charge on any atom is -0.487 e. The molecule has 0 spiro atoms. The molecule has 0 aliphatic carbocycles. The molecule has 1 aromatic carbocycles. The van der Waals surface area contributed by atoms with E-state index in [-0.39, 0.29) is 6.04 Å². The molecule has 2 aromatic rings. The second-order valence-corrected chi connectivity index (χ2v) is 5.72. The van der Waals surface area contributed by atoms with Crippen LogP contribution in [0, 0.1) is 6.92 Å². The molecule has 0 saturated carbocycles. The maximum Gasteiger partial charge on any atom is 0.132 e. The number of aromatic nitrogens is 2. The van der Waals surface area contributed by atoms with Crippen molar-refractivity contribution in [3.8, 4) is 5.75 Å². The lowest BCUT2D eigenvalue weighted by Gasteiger charge is -2.17. The molecular weight excluding hydrogens is 262 g/mol. The van der Waals surface area contributed by atoms with Gasteiger partial charge in [-0.15, -0.1) is 0 Å². The second kappa shape index (κ2) is 6.76. The van der Waals surface area contributed by atoms with Gasteiger partial charge in [0.25, 0.3) is 0 Å². The highest BCUT2D eigenvalue weighted by atomic mass is 16.5. The monoisotopic (exact) mass is 287 g/mol. The van der Waals surface area contributed by atoms with Crippen molar-refractivity contribution in [2.24, 2.45) is 0 Å². The van der Waals surface area contributed by atoms with E-state index in [9.17, 15) is 0 Å². The number of nitrogens with one attached hydrogen (secondary N) is 1. The van der Waals surface area contributed by atoms with Gasteiger partial charge in [0, 0.05) is 23.8 Å². The molecule has 0 saturated heterocycles. The fourth-order valence-corrected chi connectivity index (χ4v) is 2.19. The van der Waals surface area contributed by atoms with Crippen LogP contribution in [0.1, 0.15) is 49.7 Å². The standard InChI is InChI=1S/C17H25N3O/c1-12(2)20-9-8-15(19-20)11-21-17-7-6-13(3)10-16(17)14(4)18-5/h6-10,12,14,18H,11H2,1-5H3. The van der Waals surface area contributed by atoms with E-state index in [0.717, 1.165) is 11.4 Å². The Morgan fingerprint density at radius 3 is 2.62 bits per heavy atom. The summed E-state index contributed by atoms with van der Waals surface area (Å²) in [5, 5.41) is 7.78. The predicted molar refractivity (Wildman–Crippen MR) is 85.6 cm³/mol. The van der Waals surface area contributed by atoms with Crippen LogP contribution in [0.2, 0.25) is 0 Å². The molecule has 0 bridgehead atoms. The van der Waals surface area contributed by atoms with E-state index in [1.807, 2.05) is 30.1 Å². The lowest BCUT2D eigenvalue weighted by Crippen LogP contribution is -2.14. The Morgan fingerprint density at radius 1 is 1.24 bits per heavy atom. The minimum absolute atomic E-state index is 0.258. The number of aryl methyl sites for hydroxylation is 1. The molecule has 0 amide bonds. The Bertz CT molecular complexity index is 589. The zero-order valence-electron chi connectivity index (χ0n) is 13.6. The Hall–Kier alpha value is -1.81. The van der Waals surface area contributed by atoms with Crippen LogP contribution in [0.5, 0.6) is 5.75 Å². The molecule has 0 aliphatic rings. The molecule has 114 valence electrons. The van der Waals surface area contributed by atoms with Crippen molar-refractivity contribution < 1.29 is 4.74 Å². The minimum atomic E-state index is 0.258. The topological polar surface area (TPSA) is 39.1 Å². The van der Waals surface area contributed by atoms with E-state index in [4.69, 9.17) is 4.74 Å². The summed E-state index contributed by atoms with van der Waals surface area (Å²) >= 11 is 0. The molecule has 1 aromatic heterocycles. The van der Waals surface area contributed by atoms with Gasteiger partial charge in [0.1, 0.15) is 12.4 Å². The number of ether oxygens (including phenoxy) is 1. The number of benzene rings is 1. The maximum atomic E-state index is 5.98. The van der Waals surface area contributed by atoms with Gasteiger partial charge in [0.05, 0.1) is 5.69 Å². The first-order chi connectivity index (χ1) is 10.0. The van der Waals surface area contributed by atoms with E-state index in [2.05, 4.69) is 50.2 Å². The van der Waals surface area contributed by atoms with E-state index < -0.39 is 0 Å². The van der Waals surface area contributed by atoms with Crippen molar-refractivity contribution in [3.05, 3.63) is 47.3 Å². The van der Waals surface area contributed by atoms with Gasteiger partial charge in [-0.25, -0.2) is 0 Å². The molecule has 1 heterocycles. The summed E-state index contributed by atoms with van der Waals surface area (Å²) < 4.78 is 7.93. The third-order valence-corrected chi connectivity index (χ3v) is 3.63. The summed E-state index contributed by atoms with van der Waals surface area (Å²) in [4.78, 5) is 0. The lowest BCUT2D eigenvalue weighted by atomic mass is 10.0. The highest BCUT2D eigenvalue weighted by Gasteiger charge is 2.11. The van der Waals surface area contributed by atoms with Crippen LogP contribution in [-0.2, 0) is 6.61 Å². The molecule has 1 unspecified atom stereocenters. The Balaban J connectivity index is 2.11. The van der Waals surface area contributed by atoms with Crippen LogP contribution in [0.25, 0.3) is 0 Å². The van der Waals surface area contributed by atoms with Gasteiger partial charge in [-0.05, 0) is 46.9 Å². The van der Waals surface area contributed by atoms with Gasteiger partial charge >= 0.3 is 0 Å². The fourth-order valence-electron chi connectivity index (χ4n) is 2.19. The van der Waals surface area contributed by atoms with Gasteiger partial charge in [0.15, 0.2) is 0 Å². The summed E-state index contributed by atoms with van der Waals surface area (Å²) in [7, 11) is 1.96. The van der Waals surface area contributed by atoms with Crippen LogP contribution in [0.4, 0.5) is 0 Å². The number of hydrogen-bond acceptors (Lipinski definition) is 3. The molecule has 4 nitrogen and oxygen atoms in total. The van der Waals surface area contributed by atoms with Crippen molar-refractivity contribution in [3.63, 3.8) is 0 Å². The van der Waals surface area contributed by atoms with Crippen LogP contribution in [0.3, 0.4) is 0 Å². The summed E-state index contributed by atoms with van der Waals surface area (Å²) in [5.74, 6) is 0.918. The molecule has 21 heavy (non-hydrogen) atoms. The zero-order chi connectivity index (χ0) is 15.4. The average Bonchev–Trinajstić information content (AvgIpc) is 2.94. The van der Waals surface area contributed by atoms with Crippen LogP contribution in [-0.4, -0.2) is 16.8 Å². The normalized spacial score (nSPS) is 12.7. The van der Waals surface area contributed by atoms with E-state index in [0.29, 0.717) is 12.6 Å². The smallest absolute Gasteiger partial charge is 0.132 e. The zero-order valence-corrected chi connectivity index (χ0v) is 13.6. The summed E-state index contributed by atoms with van der Waals surface area (Å²) in [6.07, 6.45) is 2.00. The van der Waals surface area contributed by atoms with Gasteiger partial charge in [-0.1, -0.05) is 17.7 Å². The van der Waals surface area contributed by atoms with Crippen molar-refractivity contribution >= 4 is 0 Å². The third kappa shape index (κ3) is 3.85. The molecule has 2 rings (SSSR count). The van der Waals surface area contributed by atoms with Crippen molar-refractivity contribution in [2.75, 3.05) is 7.05 Å². The fraction of sp³-hybridized carbons (Fsp3) is 0.471. The molecular formula is C17H25N3O. The first-order valence-electron chi connectivity index (χ1n) is 7.46. The lowest BCUT2D eigenvalue weighted by molar-refractivity contribution is 0.293. The van der Waals surface area contributed by atoms with E-state index in [1.54, 1.807) is 0 Å². The molecule has 1 atom stereocenters. The molecule has 1 N–H and O–H groups in total. The number of rotatable bonds is 6. The number of nitrogens with zero attached hydrogens (tertiary/aromatic N) is 2. The van der Waals surface area contributed by atoms with Crippen molar-refractivity contribution in [2.45, 2.75) is 46.4 Å². The first-order valence-corrected chi connectivity index (χ1v) is 7.46. The van der Waals surface area contributed by atoms with Crippen LogP contribution in [0.15, 0.2) is 30.5 Å². The first kappa shape index (κ1) is 15.6. The SMILES string of the molecule is CNC(C)c1cc(C)ccc1OCc1ccn(C(C)C)n1. The molecule has 0 aliphatic heterocycles. The van der Waals surface area contributed by atoms with Gasteiger partial charge < -0.3 is 10.1 Å². The summed E-state index contributed by atoms with van der Waals surface area (Å²) in [6.45, 7) is 8.95. The van der Waals surface area contributed by atoms with Crippen molar-refractivity contribution in [1.29, 1.82) is 0 Å². The maximum absolute atomic E-state index is 5.98. The van der Waals surface area contributed by atoms with Crippen LogP contribution >= 0.6 is 0 Å².